The minimum Gasteiger partial charge on any atom is -0.294 e. The van der Waals surface area contributed by atoms with Gasteiger partial charge in [0.1, 0.15) is 5.82 Å². The van der Waals surface area contributed by atoms with E-state index < -0.39 is 0 Å². The zero-order valence-electron chi connectivity index (χ0n) is 9.87. The number of aryl methyl sites for hydroxylation is 1. The molecule has 0 saturated heterocycles. The fourth-order valence-corrected chi connectivity index (χ4v) is 4.65. The van der Waals surface area contributed by atoms with Crippen LogP contribution in [-0.4, -0.2) is 5.78 Å². The molecule has 4 rings (SSSR count). The van der Waals surface area contributed by atoms with Gasteiger partial charge in [-0.15, -0.1) is 0 Å². The average Bonchev–Trinajstić information content (AvgIpc) is 2.91. The van der Waals surface area contributed by atoms with Crippen molar-refractivity contribution < 1.29 is 9.18 Å². The Kier molecular flexibility index (Phi) is 1.72. The zero-order chi connectivity index (χ0) is 11.7. The number of rotatable bonds is 0. The number of hydrogen-bond donors (Lipinski definition) is 0. The molecular weight excluding hydrogens is 215 g/mol. The third kappa shape index (κ3) is 1.07. The van der Waals surface area contributed by atoms with Crippen LogP contribution in [0.2, 0.25) is 0 Å². The summed E-state index contributed by atoms with van der Waals surface area (Å²) >= 11 is 0. The number of benzene rings is 1. The summed E-state index contributed by atoms with van der Waals surface area (Å²) in [4.78, 5) is 12.5. The number of carbonyl (C=O) groups is 1. The molecule has 3 aliphatic rings. The lowest BCUT2D eigenvalue weighted by Crippen LogP contribution is -2.20. The van der Waals surface area contributed by atoms with E-state index in [-0.39, 0.29) is 11.7 Å². The van der Waals surface area contributed by atoms with Gasteiger partial charge in [0.2, 0.25) is 0 Å². The monoisotopic (exact) mass is 230 g/mol. The van der Waals surface area contributed by atoms with Crippen molar-refractivity contribution in [1.82, 2.24) is 0 Å². The molecule has 2 bridgehead atoms. The van der Waals surface area contributed by atoms with Gasteiger partial charge in [0, 0.05) is 11.5 Å². The summed E-state index contributed by atoms with van der Waals surface area (Å²) in [5.41, 5.74) is 2.70. The highest BCUT2D eigenvalue weighted by Gasteiger charge is 2.56. The van der Waals surface area contributed by atoms with Crippen molar-refractivity contribution in [1.29, 1.82) is 0 Å². The Balaban J connectivity index is 1.95. The van der Waals surface area contributed by atoms with Gasteiger partial charge >= 0.3 is 0 Å². The largest absolute Gasteiger partial charge is 0.294 e. The first-order chi connectivity index (χ1) is 8.16. The highest BCUT2D eigenvalue weighted by molar-refractivity contribution is 6.05. The second kappa shape index (κ2) is 2.98. The topological polar surface area (TPSA) is 17.1 Å². The first kappa shape index (κ1) is 9.81. The molecule has 0 unspecified atom stereocenters. The van der Waals surface area contributed by atoms with Gasteiger partial charge in [0.15, 0.2) is 5.78 Å². The molecule has 0 amide bonds. The molecule has 17 heavy (non-hydrogen) atoms. The van der Waals surface area contributed by atoms with Gasteiger partial charge < -0.3 is 0 Å². The smallest absolute Gasteiger partial charge is 0.167 e. The van der Waals surface area contributed by atoms with Crippen LogP contribution in [-0.2, 0) is 0 Å². The van der Waals surface area contributed by atoms with Crippen LogP contribution in [0, 0.1) is 30.5 Å². The fraction of sp³-hybridized carbons (Fsp3) is 0.533. The van der Waals surface area contributed by atoms with Crippen LogP contribution in [0.3, 0.4) is 0 Å². The van der Waals surface area contributed by atoms with E-state index in [0.29, 0.717) is 23.5 Å². The van der Waals surface area contributed by atoms with Crippen LogP contribution in [0.5, 0.6) is 0 Å². The summed E-state index contributed by atoms with van der Waals surface area (Å²) in [5, 5.41) is 0. The number of fused-ring (bicyclic) bond motifs is 7. The van der Waals surface area contributed by atoms with Crippen LogP contribution in [0.1, 0.15) is 46.7 Å². The minimum atomic E-state index is -0.183. The van der Waals surface area contributed by atoms with Crippen LogP contribution in [0.4, 0.5) is 4.39 Å². The van der Waals surface area contributed by atoms with Gasteiger partial charge in [-0.3, -0.25) is 4.79 Å². The van der Waals surface area contributed by atoms with Crippen molar-refractivity contribution in [2.45, 2.75) is 32.1 Å². The van der Waals surface area contributed by atoms with E-state index in [2.05, 4.69) is 0 Å². The Morgan fingerprint density at radius 3 is 2.65 bits per heavy atom. The summed E-state index contributed by atoms with van der Waals surface area (Å²) in [7, 11) is 0. The van der Waals surface area contributed by atoms with Crippen molar-refractivity contribution in [2.24, 2.45) is 17.8 Å². The van der Waals surface area contributed by atoms with E-state index in [1.165, 1.54) is 25.3 Å². The Morgan fingerprint density at radius 2 is 1.88 bits per heavy atom. The van der Waals surface area contributed by atoms with E-state index in [1.54, 1.807) is 6.07 Å². The standard InChI is InChI=1S/C15H15FO/c1-7-4-10(16)6-11-12(7)15(17)14-9-3-2-8(5-9)13(11)14/h4,6,8-9,13-14H,2-3,5H2,1H3/t8-,9+,13-,14-/m0/s1. The Bertz CT molecular complexity index is 534. The Hall–Kier alpha value is -1.18. The van der Waals surface area contributed by atoms with Gasteiger partial charge in [0.25, 0.3) is 0 Å². The summed E-state index contributed by atoms with van der Waals surface area (Å²) in [6.07, 6.45) is 3.62. The molecule has 2 saturated carbocycles. The van der Waals surface area contributed by atoms with Gasteiger partial charge in [-0.1, -0.05) is 0 Å². The normalized spacial score (nSPS) is 37.4. The quantitative estimate of drug-likeness (QED) is 0.667. The van der Waals surface area contributed by atoms with Crippen molar-refractivity contribution in [3.63, 3.8) is 0 Å². The molecule has 0 N–H and O–H groups in total. The predicted octanol–water partition coefficient (Wildman–Crippen LogP) is 3.46. The number of carbonyl (C=O) groups excluding carboxylic acids is 1. The maximum absolute atomic E-state index is 13.5. The van der Waals surface area contributed by atoms with Gasteiger partial charge in [-0.2, -0.15) is 0 Å². The number of Topliss-reactive ketones (excluding diaryl/α,β-unsaturated/α-hetero) is 1. The van der Waals surface area contributed by atoms with Crippen molar-refractivity contribution >= 4 is 5.78 Å². The fourth-order valence-electron chi connectivity index (χ4n) is 4.65. The molecule has 1 aromatic rings. The molecule has 0 heterocycles. The lowest BCUT2D eigenvalue weighted by molar-refractivity contribution is 0.0883. The van der Waals surface area contributed by atoms with Crippen LogP contribution in [0.15, 0.2) is 12.1 Å². The second-order valence-electron chi connectivity index (χ2n) is 5.94. The van der Waals surface area contributed by atoms with Crippen molar-refractivity contribution in [2.75, 3.05) is 0 Å². The molecule has 2 heteroatoms. The molecule has 1 nitrogen and oxygen atoms in total. The van der Waals surface area contributed by atoms with E-state index >= 15 is 0 Å². The second-order valence-corrected chi connectivity index (χ2v) is 5.94. The van der Waals surface area contributed by atoms with E-state index in [9.17, 15) is 9.18 Å². The van der Waals surface area contributed by atoms with Crippen molar-refractivity contribution in [3.05, 3.63) is 34.6 Å². The number of halogens is 1. The molecule has 0 aromatic heterocycles. The molecule has 3 aliphatic carbocycles. The molecule has 4 atom stereocenters. The SMILES string of the molecule is Cc1cc(F)cc2c1C(=O)[C@H]1[C@@H]3CC[C@@H](C3)[C@@H]21. The lowest BCUT2D eigenvalue weighted by Gasteiger charge is -2.23. The molecule has 2 fully saturated rings. The molecule has 88 valence electrons. The Morgan fingerprint density at radius 1 is 1.18 bits per heavy atom. The Labute approximate surface area is 100 Å². The van der Waals surface area contributed by atoms with Crippen LogP contribution >= 0.6 is 0 Å². The maximum Gasteiger partial charge on any atom is 0.167 e. The third-order valence-electron chi connectivity index (χ3n) is 5.16. The summed E-state index contributed by atoms with van der Waals surface area (Å²) in [5.74, 6) is 1.85. The predicted molar refractivity (Wildman–Crippen MR) is 62.5 cm³/mol. The van der Waals surface area contributed by atoms with E-state index in [4.69, 9.17) is 0 Å². The minimum absolute atomic E-state index is 0.183. The molecule has 1 aromatic carbocycles. The first-order valence-corrected chi connectivity index (χ1v) is 6.51. The van der Waals surface area contributed by atoms with E-state index in [0.717, 1.165) is 16.7 Å². The van der Waals surface area contributed by atoms with Crippen LogP contribution < -0.4 is 0 Å². The highest BCUT2D eigenvalue weighted by atomic mass is 19.1. The number of ketones is 1. The average molecular weight is 230 g/mol. The summed E-state index contributed by atoms with van der Waals surface area (Å²) < 4.78 is 13.5. The third-order valence-corrected chi connectivity index (χ3v) is 5.16. The summed E-state index contributed by atoms with van der Waals surface area (Å²) in [6.45, 7) is 1.86. The lowest BCUT2D eigenvalue weighted by atomic mass is 9.79. The maximum atomic E-state index is 13.5. The van der Waals surface area contributed by atoms with Crippen molar-refractivity contribution in [3.8, 4) is 0 Å². The first-order valence-electron chi connectivity index (χ1n) is 6.51. The number of hydrogen-bond acceptors (Lipinski definition) is 1. The zero-order valence-corrected chi connectivity index (χ0v) is 9.87. The van der Waals surface area contributed by atoms with Gasteiger partial charge in [0.05, 0.1) is 0 Å². The molecule has 0 spiro atoms. The molecule has 0 aliphatic heterocycles. The molecule has 0 radical (unpaired) electrons. The molecular formula is C15H15FO. The van der Waals surface area contributed by atoms with Gasteiger partial charge in [-0.25, -0.2) is 4.39 Å². The van der Waals surface area contributed by atoms with Gasteiger partial charge in [-0.05, 0) is 67.2 Å². The van der Waals surface area contributed by atoms with E-state index in [1.807, 2.05) is 6.92 Å². The summed E-state index contributed by atoms with van der Waals surface area (Å²) in [6, 6.07) is 3.12. The highest BCUT2D eigenvalue weighted by Crippen LogP contribution is 2.61. The van der Waals surface area contributed by atoms with Crippen LogP contribution in [0.25, 0.3) is 0 Å².